The van der Waals surface area contributed by atoms with Crippen molar-refractivity contribution in [3.8, 4) is 0 Å². The summed E-state index contributed by atoms with van der Waals surface area (Å²) in [5, 5.41) is 6.27. The molecule has 1 saturated heterocycles. The van der Waals surface area contributed by atoms with Gasteiger partial charge in [-0.15, -0.1) is 0 Å². The van der Waals surface area contributed by atoms with Crippen LogP contribution in [0.3, 0.4) is 0 Å². The van der Waals surface area contributed by atoms with Crippen LogP contribution >= 0.6 is 11.6 Å². The van der Waals surface area contributed by atoms with Gasteiger partial charge in [-0.3, -0.25) is 4.79 Å². The topological polar surface area (TPSA) is 64.7 Å². The van der Waals surface area contributed by atoms with E-state index in [1.54, 1.807) is 24.0 Å². The normalized spacial score (nSPS) is 15.1. The molecule has 2 N–H and O–H groups in total. The number of carbonyl (C=O) groups is 2. The van der Waals surface area contributed by atoms with Gasteiger partial charge in [-0.2, -0.15) is 0 Å². The Bertz CT molecular complexity index is 790. The van der Waals surface area contributed by atoms with Gasteiger partial charge in [0.15, 0.2) is 0 Å². The van der Waals surface area contributed by atoms with Crippen molar-refractivity contribution in [1.82, 2.24) is 15.5 Å². The third kappa shape index (κ3) is 5.39. The van der Waals surface area contributed by atoms with E-state index >= 15 is 0 Å². The van der Waals surface area contributed by atoms with Crippen LogP contribution in [0, 0.1) is 0 Å². The Balaban J connectivity index is 1.42. The van der Waals surface area contributed by atoms with Gasteiger partial charge in [0.25, 0.3) is 0 Å². The maximum atomic E-state index is 12.5. The summed E-state index contributed by atoms with van der Waals surface area (Å²) in [7, 11) is 0. The van der Waals surface area contributed by atoms with Crippen molar-refractivity contribution in [2.24, 2.45) is 0 Å². The molecule has 148 valence electrons. The lowest BCUT2D eigenvalue weighted by Crippen LogP contribution is -2.55. The molecule has 1 aliphatic heterocycles. The fraction of sp³-hybridized carbons (Fsp3) is 0.333. The molecule has 0 aliphatic carbocycles. The Labute approximate surface area is 170 Å². The first-order valence-corrected chi connectivity index (χ1v) is 9.78. The van der Waals surface area contributed by atoms with Gasteiger partial charge in [-0.05, 0) is 36.8 Å². The quantitative estimate of drug-likeness (QED) is 0.811. The first kappa shape index (κ1) is 20.0. The van der Waals surface area contributed by atoms with E-state index in [1.807, 2.05) is 30.3 Å². The number of urea groups is 1. The Hall–Kier alpha value is -2.73. The Kier molecular flexibility index (Phi) is 6.76. The fourth-order valence-electron chi connectivity index (χ4n) is 3.09. The summed E-state index contributed by atoms with van der Waals surface area (Å²) < 4.78 is 0. The number of hydrogen-bond donors (Lipinski definition) is 2. The molecular weight excluding hydrogens is 376 g/mol. The number of benzene rings is 2. The largest absolute Gasteiger partial charge is 0.368 e. The van der Waals surface area contributed by atoms with Crippen molar-refractivity contribution in [2.45, 2.75) is 19.5 Å². The molecule has 0 aromatic heterocycles. The van der Waals surface area contributed by atoms with Crippen molar-refractivity contribution in [3.05, 3.63) is 65.2 Å². The van der Waals surface area contributed by atoms with E-state index in [-0.39, 0.29) is 11.9 Å². The maximum absolute atomic E-state index is 12.5. The Morgan fingerprint density at radius 3 is 2.29 bits per heavy atom. The van der Waals surface area contributed by atoms with Gasteiger partial charge in [0, 0.05) is 43.4 Å². The highest BCUT2D eigenvalue weighted by molar-refractivity contribution is 6.30. The molecule has 2 aromatic rings. The van der Waals surface area contributed by atoms with E-state index in [0.29, 0.717) is 24.7 Å². The molecule has 1 atom stereocenters. The number of halogens is 1. The van der Waals surface area contributed by atoms with Crippen LogP contribution in [0.15, 0.2) is 54.6 Å². The van der Waals surface area contributed by atoms with Crippen LogP contribution < -0.4 is 15.5 Å². The minimum Gasteiger partial charge on any atom is -0.368 e. The number of nitrogens with one attached hydrogen (secondary N) is 2. The SMILES string of the molecule is C[C@H](NC(=O)N1CCN(c2ccccc2)CC1)C(=O)NCc1ccc(Cl)cc1. The lowest BCUT2D eigenvalue weighted by atomic mass is 10.2. The molecular formula is C21H25ClN4O2. The van der Waals surface area contributed by atoms with Crippen molar-refractivity contribution in [1.29, 1.82) is 0 Å². The zero-order valence-corrected chi connectivity index (χ0v) is 16.7. The maximum Gasteiger partial charge on any atom is 0.318 e. The van der Waals surface area contributed by atoms with Gasteiger partial charge in [0.1, 0.15) is 6.04 Å². The molecule has 1 fully saturated rings. The number of para-hydroxylation sites is 1. The molecule has 1 aliphatic rings. The van der Waals surface area contributed by atoms with Crippen LogP contribution in [-0.2, 0) is 11.3 Å². The molecule has 0 radical (unpaired) electrons. The summed E-state index contributed by atoms with van der Waals surface area (Å²) in [5.41, 5.74) is 2.12. The highest BCUT2D eigenvalue weighted by Gasteiger charge is 2.24. The molecule has 6 nitrogen and oxygen atoms in total. The molecule has 3 rings (SSSR count). The summed E-state index contributed by atoms with van der Waals surface area (Å²) >= 11 is 5.86. The van der Waals surface area contributed by atoms with Crippen LogP contribution in [-0.4, -0.2) is 49.1 Å². The van der Waals surface area contributed by atoms with Gasteiger partial charge in [0.05, 0.1) is 0 Å². The molecule has 0 saturated carbocycles. The summed E-state index contributed by atoms with van der Waals surface area (Å²) in [6.45, 7) is 4.88. The second kappa shape index (κ2) is 9.46. The van der Waals surface area contributed by atoms with Crippen molar-refractivity contribution >= 4 is 29.2 Å². The minimum absolute atomic E-state index is 0.207. The van der Waals surface area contributed by atoms with Crippen molar-refractivity contribution in [3.63, 3.8) is 0 Å². The molecule has 2 aromatic carbocycles. The first-order valence-electron chi connectivity index (χ1n) is 9.40. The second-order valence-corrected chi connectivity index (χ2v) is 7.26. The van der Waals surface area contributed by atoms with E-state index in [1.165, 1.54) is 0 Å². The molecule has 3 amide bonds. The molecule has 1 heterocycles. The van der Waals surface area contributed by atoms with Crippen molar-refractivity contribution < 1.29 is 9.59 Å². The number of carbonyl (C=O) groups excluding carboxylic acids is 2. The van der Waals surface area contributed by atoms with Gasteiger partial charge >= 0.3 is 6.03 Å². The first-order chi connectivity index (χ1) is 13.5. The standard InChI is InChI=1S/C21H25ClN4O2/c1-16(20(27)23-15-17-7-9-18(22)10-8-17)24-21(28)26-13-11-25(12-14-26)19-5-3-2-4-6-19/h2-10,16H,11-15H2,1H3,(H,23,27)(H,24,28)/t16-/m0/s1. The zero-order chi connectivity index (χ0) is 19.9. The van der Waals surface area contributed by atoms with Gasteiger partial charge < -0.3 is 20.4 Å². The van der Waals surface area contributed by atoms with E-state index in [9.17, 15) is 9.59 Å². The van der Waals surface area contributed by atoms with Crippen molar-refractivity contribution in [2.75, 3.05) is 31.1 Å². The summed E-state index contributed by atoms with van der Waals surface area (Å²) in [6, 6.07) is 16.6. The molecule has 0 unspecified atom stereocenters. The summed E-state index contributed by atoms with van der Waals surface area (Å²) in [4.78, 5) is 28.7. The number of rotatable bonds is 5. The van der Waals surface area contributed by atoms with Gasteiger partial charge in [-0.25, -0.2) is 4.79 Å². The van der Waals surface area contributed by atoms with Gasteiger partial charge in [0.2, 0.25) is 5.91 Å². The highest BCUT2D eigenvalue weighted by atomic mass is 35.5. The fourth-order valence-corrected chi connectivity index (χ4v) is 3.22. The van der Waals surface area contributed by atoms with Crippen LogP contribution in [0.25, 0.3) is 0 Å². The average Bonchev–Trinajstić information content (AvgIpc) is 2.73. The molecule has 7 heteroatoms. The number of piperazine rings is 1. The van der Waals surface area contributed by atoms with Crippen LogP contribution in [0.4, 0.5) is 10.5 Å². The number of anilines is 1. The molecule has 28 heavy (non-hydrogen) atoms. The molecule has 0 bridgehead atoms. The van der Waals surface area contributed by atoms with E-state index in [4.69, 9.17) is 11.6 Å². The highest BCUT2D eigenvalue weighted by Crippen LogP contribution is 2.15. The van der Waals surface area contributed by atoms with Crippen LogP contribution in [0.2, 0.25) is 5.02 Å². The predicted molar refractivity (Wildman–Crippen MR) is 112 cm³/mol. The predicted octanol–water partition coefficient (Wildman–Crippen LogP) is 2.88. The third-order valence-corrected chi connectivity index (χ3v) is 5.05. The van der Waals surface area contributed by atoms with Gasteiger partial charge in [-0.1, -0.05) is 41.9 Å². The summed E-state index contributed by atoms with van der Waals surface area (Å²) in [5.74, 6) is -0.216. The van der Waals surface area contributed by atoms with Crippen LogP contribution in [0.1, 0.15) is 12.5 Å². The van der Waals surface area contributed by atoms with E-state index in [0.717, 1.165) is 24.3 Å². The molecule has 0 spiro atoms. The number of nitrogens with zero attached hydrogens (tertiary/aromatic N) is 2. The van der Waals surface area contributed by atoms with E-state index in [2.05, 4.69) is 27.7 Å². The van der Waals surface area contributed by atoms with Crippen LogP contribution in [0.5, 0.6) is 0 Å². The second-order valence-electron chi connectivity index (χ2n) is 6.83. The Morgan fingerprint density at radius 1 is 1.00 bits per heavy atom. The monoisotopic (exact) mass is 400 g/mol. The smallest absolute Gasteiger partial charge is 0.318 e. The third-order valence-electron chi connectivity index (χ3n) is 4.80. The lowest BCUT2D eigenvalue weighted by Gasteiger charge is -2.36. The lowest BCUT2D eigenvalue weighted by molar-refractivity contribution is -0.122. The Morgan fingerprint density at radius 2 is 1.64 bits per heavy atom. The van der Waals surface area contributed by atoms with E-state index < -0.39 is 6.04 Å². The summed E-state index contributed by atoms with van der Waals surface area (Å²) in [6.07, 6.45) is 0. The average molecular weight is 401 g/mol. The number of amides is 3. The zero-order valence-electron chi connectivity index (χ0n) is 15.9. The number of hydrogen-bond acceptors (Lipinski definition) is 3. The minimum atomic E-state index is -0.605.